The van der Waals surface area contributed by atoms with Gasteiger partial charge in [-0.25, -0.2) is 4.98 Å². The van der Waals surface area contributed by atoms with Crippen LogP contribution in [0.15, 0.2) is 12.4 Å². The highest BCUT2D eigenvalue weighted by molar-refractivity contribution is 5.76. The van der Waals surface area contributed by atoms with E-state index in [0.29, 0.717) is 19.6 Å². The number of rotatable bonds is 5. The van der Waals surface area contributed by atoms with E-state index in [1.54, 1.807) is 6.20 Å². The Morgan fingerprint density at radius 3 is 3.28 bits per heavy atom. The summed E-state index contributed by atoms with van der Waals surface area (Å²) in [5.41, 5.74) is 0. The van der Waals surface area contributed by atoms with E-state index in [4.69, 9.17) is 4.74 Å². The fraction of sp³-hybridized carbons (Fsp3) is 0.667. The van der Waals surface area contributed by atoms with Crippen molar-refractivity contribution in [3.63, 3.8) is 0 Å². The van der Waals surface area contributed by atoms with Gasteiger partial charge in [0.05, 0.1) is 19.1 Å². The fourth-order valence-corrected chi connectivity index (χ4v) is 1.99. The van der Waals surface area contributed by atoms with Crippen LogP contribution in [0.2, 0.25) is 0 Å². The summed E-state index contributed by atoms with van der Waals surface area (Å²) >= 11 is 0. The van der Waals surface area contributed by atoms with Crippen LogP contribution in [-0.2, 0) is 16.1 Å². The third-order valence-corrected chi connectivity index (χ3v) is 3.02. The lowest BCUT2D eigenvalue weighted by molar-refractivity contribution is -0.124. The fourth-order valence-electron chi connectivity index (χ4n) is 1.99. The Bertz CT molecular complexity index is 385. The summed E-state index contributed by atoms with van der Waals surface area (Å²) in [5.74, 6) is 1.01. The van der Waals surface area contributed by atoms with Crippen LogP contribution in [0.3, 0.4) is 0 Å². The van der Waals surface area contributed by atoms with Crippen molar-refractivity contribution in [2.75, 3.05) is 26.2 Å². The lowest BCUT2D eigenvalue weighted by atomic mass is 10.2. The van der Waals surface area contributed by atoms with Gasteiger partial charge in [-0.05, 0) is 6.92 Å². The maximum absolute atomic E-state index is 11.7. The van der Waals surface area contributed by atoms with E-state index in [-0.39, 0.29) is 12.0 Å². The summed E-state index contributed by atoms with van der Waals surface area (Å²) in [6, 6.07) is 0. The van der Waals surface area contributed by atoms with Gasteiger partial charge in [0.25, 0.3) is 0 Å². The molecule has 0 spiro atoms. The van der Waals surface area contributed by atoms with Crippen molar-refractivity contribution >= 4 is 5.91 Å². The molecule has 1 atom stereocenters. The van der Waals surface area contributed by atoms with Crippen molar-refractivity contribution < 1.29 is 9.53 Å². The number of nitrogens with one attached hydrogen (secondary N) is 2. The third kappa shape index (κ3) is 3.82. The second kappa shape index (κ2) is 6.51. The van der Waals surface area contributed by atoms with Gasteiger partial charge in [-0.3, -0.25) is 4.79 Å². The van der Waals surface area contributed by atoms with Crippen LogP contribution in [0, 0.1) is 6.92 Å². The van der Waals surface area contributed by atoms with Crippen molar-refractivity contribution in [1.29, 1.82) is 0 Å². The van der Waals surface area contributed by atoms with Crippen molar-refractivity contribution in [3.8, 4) is 0 Å². The molecule has 18 heavy (non-hydrogen) atoms. The Balaban J connectivity index is 1.64. The number of hydrogen-bond donors (Lipinski definition) is 2. The molecule has 1 aliphatic heterocycles. The van der Waals surface area contributed by atoms with Gasteiger partial charge < -0.3 is 19.9 Å². The molecule has 2 N–H and O–H groups in total. The van der Waals surface area contributed by atoms with Crippen molar-refractivity contribution in [2.24, 2.45) is 0 Å². The topological polar surface area (TPSA) is 68.2 Å². The van der Waals surface area contributed by atoms with E-state index in [0.717, 1.165) is 25.5 Å². The van der Waals surface area contributed by atoms with Crippen LogP contribution >= 0.6 is 0 Å². The minimum absolute atomic E-state index is 0.00808. The maximum Gasteiger partial charge on any atom is 0.222 e. The van der Waals surface area contributed by atoms with Gasteiger partial charge in [-0.15, -0.1) is 0 Å². The number of aryl methyl sites for hydroxylation is 1. The summed E-state index contributed by atoms with van der Waals surface area (Å²) in [4.78, 5) is 15.8. The van der Waals surface area contributed by atoms with Gasteiger partial charge in [0.15, 0.2) is 0 Å². The predicted molar refractivity (Wildman–Crippen MR) is 67.2 cm³/mol. The molecule has 2 heterocycles. The van der Waals surface area contributed by atoms with Crippen LogP contribution in [0.1, 0.15) is 12.2 Å². The minimum Gasteiger partial charge on any atom is -0.375 e. The van der Waals surface area contributed by atoms with Crippen LogP contribution in [0.5, 0.6) is 0 Å². The summed E-state index contributed by atoms with van der Waals surface area (Å²) < 4.78 is 7.49. The first-order valence-electron chi connectivity index (χ1n) is 6.32. The molecule has 0 aromatic carbocycles. The van der Waals surface area contributed by atoms with E-state index in [2.05, 4.69) is 15.6 Å². The molecular weight excluding hydrogens is 232 g/mol. The lowest BCUT2D eigenvalue weighted by Gasteiger charge is -2.23. The molecule has 2 rings (SSSR count). The SMILES string of the molecule is Cc1nccn1CCNC(=O)CC1CNCCO1. The molecule has 1 saturated heterocycles. The summed E-state index contributed by atoms with van der Waals surface area (Å²) in [7, 11) is 0. The highest BCUT2D eigenvalue weighted by atomic mass is 16.5. The molecule has 6 heteroatoms. The molecule has 1 amide bonds. The second-order valence-corrected chi connectivity index (χ2v) is 4.42. The quantitative estimate of drug-likeness (QED) is 0.754. The van der Waals surface area contributed by atoms with Crippen molar-refractivity contribution in [1.82, 2.24) is 20.2 Å². The highest BCUT2D eigenvalue weighted by Crippen LogP contribution is 2.01. The number of imidazole rings is 1. The molecular formula is C12H20N4O2. The zero-order valence-electron chi connectivity index (χ0n) is 10.7. The first-order chi connectivity index (χ1) is 8.75. The van der Waals surface area contributed by atoms with E-state index in [1.165, 1.54) is 0 Å². The number of aromatic nitrogens is 2. The Hall–Kier alpha value is -1.40. The Morgan fingerprint density at radius 2 is 2.61 bits per heavy atom. The molecule has 1 aromatic rings. The van der Waals surface area contributed by atoms with Gasteiger partial charge in [0, 0.05) is 38.6 Å². The summed E-state index contributed by atoms with van der Waals surface area (Å²) in [5, 5.41) is 6.11. The standard InChI is InChI=1S/C12H20N4O2/c1-10-14-2-5-16(10)6-3-15-12(17)8-11-9-13-4-7-18-11/h2,5,11,13H,3-4,6-9H2,1H3,(H,15,17). The van der Waals surface area contributed by atoms with Gasteiger partial charge in [-0.2, -0.15) is 0 Å². The number of ether oxygens (including phenoxy) is 1. The number of carbonyl (C=O) groups is 1. The normalized spacial score (nSPS) is 19.7. The molecule has 1 aliphatic rings. The Morgan fingerprint density at radius 1 is 1.72 bits per heavy atom. The molecule has 1 aromatic heterocycles. The third-order valence-electron chi connectivity index (χ3n) is 3.02. The number of amides is 1. The van der Waals surface area contributed by atoms with Crippen LogP contribution < -0.4 is 10.6 Å². The first kappa shape index (κ1) is 13.0. The molecule has 0 radical (unpaired) electrons. The monoisotopic (exact) mass is 252 g/mol. The smallest absolute Gasteiger partial charge is 0.222 e. The van der Waals surface area contributed by atoms with Crippen molar-refractivity contribution in [3.05, 3.63) is 18.2 Å². The van der Waals surface area contributed by atoms with E-state index >= 15 is 0 Å². The van der Waals surface area contributed by atoms with Crippen molar-refractivity contribution in [2.45, 2.75) is 26.0 Å². The molecule has 1 unspecified atom stereocenters. The van der Waals surface area contributed by atoms with E-state index in [1.807, 2.05) is 17.7 Å². The van der Waals surface area contributed by atoms with E-state index < -0.39 is 0 Å². The molecule has 6 nitrogen and oxygen atoms in total. The number of morpholine rings is 1. The highest BCUT2D eigenvalue weighted by Gasteiger charge is 2.16. The predicted octanol–water partition coefficient (Wildman–Crippen LogP) is -0.314. The lowest BCUT2D eigenvalue weighted by Crippen LogP contribution is -2.41. The van der Waals surface area contributed by atoms with Crippen LogP contribution in [0.4, 0.5) is 0 Å². The summed E-state index contributed by atoms with van der Waals surface area (Å²) in [6.45, 7) is 5.64. The minimum atomic E-state index is 0.00808. The number of carbonyl (C=O) groups excluding carboxylic acids is 1. The van der Waals surface area contributed by atoms with Crippen LogP contribution in [-0.4, -0.2) is 47.8 Å². The molecule has 0 saturated carbocycles. The Labute approximate surface area is 107 Å². The van der Waals surface area contributed by atoms with Gasteiger partial charge in [0.2, 0.25) is 5.91 Å². The number of nitrogens with zero attached hydrogens (tertiary/aromatic N) is 2. The molecule has 0 aliphatic carbocycles. The van der Waals surface area contributed by atoms with Gasteiger partial charge in [0.1, 0.15) is 5.82 Å². The first-order valence-corrected chi connectivity index (χ1v) is 6.32. The zero-order valence-corrected chi connectivity index (χ0v) is 10.7. The van der Waals surface area contributed by atoms with E-state index in [9.17, 15) is 4.79 Å². The molecule has 1 fully saturated rings. The summed E-state index contributed by atoms with van der Waals surface area (Å²) in [6.07, 6.45) is 4.11. The zero-order chi connectivity index (χ0) is 12.8. The molecule has 0 bridgehead atoms. The maximum atomic E-state index is 11.7. The van der Waals surface area contributed by atoms with Gasteiger partial charge in [-0.1, -0.05) is 0 Å². The van der Waals surface area contributed by atoms with Gasteiger partial charge >= 0.3 is 0 Å². The number of hydrogen-bond acceptors (Lipinski definition) is 4. The molecule has 100 valence electrons. The second-order valence-electron chi connectivity index (χ2n) is 4.42. The largest absolute Gasteiger partial charge is 0.375 e. The average Bonchev–Trinajstić information content (AvgIpc) is 2.76. The van der Waals surface area contributed by atoms with Crippen LogP contribution in [0.25, 0.3) is 0 Å². The Kier molecular flexibility index (Phi) is 4.72. The average molecular weight is 252 g/mol.